The van der Waals surface area contributed by atoms with Gasteiger partial charge in [-0.25, -0.2) is 0 Å². The molecule has 1 heterocycles. The molecule has 156 valence electrons. The summed E-state index contributed by atoms with van der Waals surface area (Å²) in [6.45, 7) is 1.90. The van der Waals surface area contributed by atoms with E-state index in [0.29, 0.717) is 22.8 Å². The van der Waals surface area contributed by atoms with Gasteiger partial charge in [0, 0.05) is 5.69 Å². The molecule has 6 heteroatoms. The lowest BCUT2D eigenvalue weighted by Crippen LogP contribution is -2.38. The lowest BCUT2D eigenvalue weighted by Gasteiger charge is -2.22. The monoisotopic (exact) mass is 413 g/mol. The third-order valence-corrected chi connectivity index (χ3v) is 5.11. The average molecular weight is 413 g/mol. The molecular formula is C25H23N3O3. The van der Waals surface area contributed by atoms with Crippen molar-refractivity contribution < 1.29 is 14.3 Å². The van der Waals surface area contributed by atoms with Crippen molar-refractivity contribution in [1.29, 1.82) is 0 Å². The van der Waals surface area contributed by atoms with Gasteiger partial charge in [-0.05, 0) is 61.0 Å². The minimum Gasteiger partial charge on any atom is -0.497 e. The van der Waals surface area contributed by atoms with E-state index in [1.807, 2.05) is 79.7 Å². The molecule has 0 fully saturated rings. The van der Waals surface area contributed by atoms with Gasteiger partial charge in [0.2, 0.25) is 11.8 Å². The zero-order valence-corrected chi connectivity index (χ0v) is 17.5. The molecule has 6 nitrogen and oxygen atoms in total. The van der Waals surface area contributed by atoms with Gasteiger partial charge in [-0.15, -0.1) is 0 Å². The number of nitrogens with zero attached hydrogens (tertiary/aromatic N) is 2. The van der Waals surface area contributed by atoms with Crippen molar-refractivity contribution in [1.82, 2.24) is 0 Å². The van der Waals surface area contributed by atoms with Gasteiger partial charge in [-0.1, -0.05) is 29.8 Å². The SMILES string of the molecule is COc1ccc(C2=Nc3ccccc3N(CC(=O)Nc3ccc(C)cc3)C(=O)C2)cc1. The van der Waals surface area contributed by atoms with Crippen molar-refractivity contribution in [2.75, 3.05) is 23.9 Å². The van der Waals surface area contributed by atoms with Crippen LogP contribution < -0.4 is 15.0 Å². The van der Waals surface area contributed by atoms with Gasteiger partial charge in [0.1, 0.15) is 12.3 Å². The number of hydrogen-bond donors (Lipinski definition) is 1. The van der Waals surface area contributed by atoms with E-state index < -0.39 is 0 Å². The quantitative estimate of drug-likeness (QED) is 0.669. The lowest BCUT2D eigenvalue weighted by molar-refractivity contribution is -0.120. The summed E-state index contributed by atoms with van der Waals surface area (Å²) < 4.78 is 5.22. The first-order valence-corrected chi connectivity index (χ1v) is 10.0. The summed E-state index contributed by atoms with van der Waals surface area (Å²) in [6, 6.07) is 22.4. The number of ether oxygens (including phenoxy) is 1. The van der Waals surface area contributed by atoms with Gasteiger partial charge >= 0.3 is 0 Å². The predicted molar refractivity (Wildman–Crippen MR) is 122 cm³/mol. The molecule has 0 saturated carbocycles. The molecule has 0 radical (unpaired) electrons. The van der Waals surface area contributed by atoms with Crippen molar-refractivity contribution >= 4 is 34.6 Å². The molecule has 3 aromatic carbocycles. The van der Waals surface area contributed by atoms with E-state index in [2.05, 4.69) is 5.32 Å². The van der Waals surface area contributed by atoms with Crippen LogP contribution in [0.5, 0.6) is 5.75 Å². The molecule has 0 aliphatic carbocycles. The maximum absolute atomic E-state index is 13.2. The van der Waals surface area contributed by atoms with Crippen LogP contribution in [0.2, 0.25) is 0 Å². The molecule has 3 aromatic rings. The fraction of sp³-hybridized carbons (Fsp3) is 0.160. The van der Waals surface area contributed by atoms with Crippen LogP contribution in [0.1, 0.15) is 17.5 Å². The average Bonchev–Trinajstić information content (AvgIpc) is 2.92. The Morgan fingerprint density at radius 3 is 2.45 bits per heavy atom. The molecule has 0 atom stereocenters. The van der Waals surface area contributed by atoms with E-state index in [1.54, 1.807) is 7.11 Å². The minimum absolute atomic E-state index is 0.0882. The highest BCUT2D eigenvalue weighted by atomic mass is 16.5. The first kappa shape index (κ1) is 20.3. The number of benzene rings is 3. The topological polar surface area (TPSA) is 71.0 Å². The van der Waals surface area contributed by atoms with Crippen LogP contribution in [0.4, 0.5) is 17.1 Å². The number of carbonyl (C=O) groups is 2. The van der Waals surface area contributed by atoms with E-state index in [1.165, 1.54) is 4.90 Å². The first-order valence-electron chi connectivity index (χ1n) is 10.0. The largest absolute Gasteiger partial charge is 0.497 e. The summed E-state index contributed by atoms with van der Waals surface area (Å²) in [5, 5.41) is 2.86. The van der Waals surface area contributed by atoms with Crippen LogP contribution in [0, 0.1) is 6.92 Å². The smallest absolute Gasteiger partial charge is 0.244 e. The Kier molecular flexibility index (Phi) is 5.80. The van der Waals surface area contributed by atoms with E-state index >= 15 is 0 Å². The van der Waals surface area contributed by atoms with Gasteiger partial charge in [0.15, 0.2) is 0 Å². The normalized spacial score (nSPS) is 13.2. The molecule has 0 saturated heterocycles. The van der Waals surface area contributed by atoms with E-state index in [4.69, 9.17) is 9.73 Å². The summed E-state index contributed by atoms with van der Waals surface area (Å²) in [7, 11) is 1.61. The van der Waals surface area contributed by atoms with Crippen LogP contribution in [0.25, 0.3) is 0 Å². The maximum Gasteiger partial charge on any atom is 0.244 e. The summed E-state index contributed by atoms with van der Waals surface area (Å²) in [5.41, 5.74) is 4.58. The predicted octanol–water partition coefficient (Wildman–Crippen LogP) is 4.50. The van der Waals surface area contributed by atoms with E-state index in [0.717, 1.165) is 16.9 Å². The fourth-order valence-electron chi connectivity index (χ4n) is 3.45. The zero-order chi connectivity index (χ0) is 21.8. The van der Waals surface area contributed by atoms with Gasteiger partial charge in [0.25, 0.3) is 0 Å². The number of para-hydroxylation sites is 2. The van der Waals surface area contributed by atoms with Crippen LogP contribution in [0.3, 0.4) is 0 Å². The Balaban J connectivity index is 1.59. The number of hydrogen-bond acceptors (Lipinski definition) is 4. The highest BCUT2D eigenvalue weighted by Crippen LogP contribution is 2.33. The lowest BCUT2D eigenvalue weighted by atomic mass is 10.1. The second kappa shape index (κ2) is 8.83. The molecule has 0 bridgehead atoms. The second-order valence-electron chi connectivity index (χ2n) is 7.35. The molecular weight excluding hydrogens is 390 g/mol. The number of carbonyl (C=O) groups excluding carboxylic acids is 2. The molecule has 1 aliphatic heterocycles. The Morgan fingerprint density at radius 1 is 1.03 bits per heavy atom. The van der Waals surface area contributed by atoms with Crippen molar-refractivity contribution in [3.8, 4) is 5.75 Å². The van der Waals surface area contributed by atoms with Crippen LogP contribution in [0.15, 0.2) is 77.8 Å². The third-order valence-electron chi connectivity index (χ3n) is 5.11. The number of aliphatic imine (C=N–C) groups is 1. The number of rotatable bonds is 5. The minimum atomic E-state index is -0.264. The fourth-order valence-corrected chi connectivity index (χ4v) is 3.45. The number of methoxy groups -OCH3 is 1. The van der Waals surface area contributed by atoms with Crippen LogP contribution >= 0.6 is 0 Å². The zero-order valence-electron chi connectivity index (χ0n) is 17.5. The number of amides is 2. The van der Waals surface area contributed by atoms with Crippen molar-refractivity contribution in [3.05, 3.63) is 83.9 Å². The van der Waals surface area contributed by atoms with Crippen molar-refractivity contribution in [2.45, 2.75) is 13.3 Å². The highest BCUT2D eigenvalue weighted by Gasteiger charge is 2.26. The van der Waals surface area contributed by atoms with E-state index in [9.17, 15) is 9.59 Å². The molecule has 0 unspecified atom stereocenters. The summed E-state index contributed by atoms with van der Waals surface area (Å²) in [4.78, 5) is 32.1. The number of anilines is 2. The molecule has 0 spiro atoms. The maximum atomic E-state index is 13.2. The summed E-state index contributed by atoms with van der Waals surface area (Å²) in [6.07, 6.45) is 0.0961. The van der Waals surface area contributed by atoms with Gasteiger partial charge in [0.05, 0.1) is 30.6 Å². The van der Waals surface area contributed by atoms with Crippen LogP contribution in [-0.4, -0.2) is 31.2 Å². The Hall–Kier alpha value is -3.93. The molecule has 2 amide bonds. The second-order valence-corrected chi connectivity index (χ2v) is 7.35. The Morgan fingerprint density at radius 2 is 1.74 bits per heavy atom. The Labute approximate surface area is 181 Å². The number of fused-ring (bicyclic) bond motifs is 1. The third kappa shape index (κ3) is 4.64. The summed E-state index contributed by atoms with van der Waals surface area (Å²) >= 11 is 0. The highest BCUT2D eigenvalue weighted by molar-refractivity contribution is 6.19. The first-order chi connectivity index (χ1) is 15.0. The summed E-state index contributed by atoms with van der Waals surface area (Å²) in [5.74, 6) is 0.289. The molecule has 1 aliphatic rings. The van der Waals surface area contributed by atoms with Crippen LogP contribution in [-0.2, 0) is 9.59 Å². The number of aryl methyl sites for hydroxylation is 1. The van der Waals surface area contributed by atoms with Gasteiger partial charge in [-0.2, -0.15) is 0 Å². The molecule has 0 aromatic heterocycles. The molecule has 1 N–H and O–H groups in total. The molecule has 4 rings (SSSR count). The Bertz CT molecular complexity index is 1140. The standard InChI is InChI=1S/C25H23N3O3/c1-17-7-11-19(12-8-17)26-24(29)16-28-23-6-4-3-5-21(23)27-22(15-25(28)30)18-9-13-20(31-2)14-10-18/h3-14H,15-16H2,1-2H3,(H,26,29). The van der Waals surface area contributed by atoms with Crippen molar-refractivity contribution in [2.24, 2.45) is 4.99 Å². The molecule has 31 heavy (non-hydrogen) atoms. The number of nitrogens with one attached hydrogen (secondary N) is 1. The van der Waals surface area contributed by atoms with E-state index in [-0.39, 0.29) is 24.8 Å². The van der Waals surface area contributed by atoms with Gasteiger partial charge in [-0.3, -0.25) is 14.6 Å². The van der Waals surface area contributed by atoms with Crippen molar-refractivity contribution in [3.63, 3.8) is 0 Å². The van der Waals surface area contributed by atoms with Gasteiger partial charge < -0.3 is 15.0 Å².